The van der Waals surface area contributed by atoms with Crippen molar-refractivity contribution in [2.75, 3.05) is 4.23 Å². The van der Waals surface area contributed by atoms with E-state index in [1.54, 1.807) is 0 Å². The molecule has 0 aliphatic heterocycles. The molecule has 0 amide bonds. The lowest BCUT2D eigenvalue weighted by Gasteiger charge is -2.48. The van der Waals surface area contributed by atoms with Gasteiger partial charge in [-0.2, -0.15) is 4.98 Å². The lowest BCUT2D eigenvalue weighted by molar-refractivity contribution is 0.429. The average molecular weight is 416 g/mol. The highest BCUT2D eigenvalue weighted by Gasteiger charge is 2.52. The highest BCUT2D eigenvalue weighted by atomic mass is 28.4. The molecule has 0 atom stereocenters. The predicted octanol–water partition coefficient (Wildman–Crippen LogP) is 3.38. The number of aromatic nitrogens is 2. The second-order valence-electron chi connectivity index (χ2n) is 8.04. The van der Waals surface area contributed by atoms with Crippen molar-refractivity contribution >= 4 is 38.0 Å². The van der Waals surface area contributed by atoms with Gasteiger partial charge in [-0.25, -0.2) is 0 Å². The van der Waals surface area contributed by atoms with E-state index in [0.717, 1.165) is 0 Å². The van der Waals surface area contributed by atoms with Crippen LogP contribution in [0.5, 0.6) is 0 Å². The first-order valence-electron chi connectivity index (χ1n) is 9.78. The van der Waals surface area contributed by atoms with Crippen LogP contribution in [0.25, 0.3) is 0 Å². The lowest BCUT2D eigenvalue weighted by Crippen LogP contribution is -2.82. The number of rotatable bonds is 6. The van der Waals surface area contributed by atoms with Gasteiger partial charge in [-0.1, -0.05) is 116 Å². The van der Waals surface area contributed by atoms with Gasteiger partial charge in [-0.3, -0.25) is 0 Å². The fraction of sp³-hybridized carbons (Fsp3) is 0.130. The Morgan fingerprint density at radius 2 is 1.07 bits per heavy atom. The van der Waals surface area contributed by atoms with Crippen LogP contribution in [0.2, 0.25) is 19.6 Å². The van der Waals surface area contributed by atoms with Crippen LogP contribution in [-0.4, -0.2) is 26.6 Å². The summed E-state index contributed by atoms with van der Waals surface area (Å²) in [5.74, 6) is 0. The number of hydrogen-bond donors (Lipinski definition) is 0. The smallest absolute Gasteiger partial charge is 0.308 e. The molecule has 0 fully saturated rings. The first kappa shape index (κ1) is 19.4. The number of nitrogens with zero attached hydrogens (tertiary/aromatic N) is 3. The van der Waals surface area contributed by atoms with Gasteiger partial charge in [-0.15, -0.1) is 0 Å². The minimum absolute atomic E-state index is 0.604. The second kappa shape index (κ2) is 7.81. The quantitative estimate of drug-likeness (QED) is 0.358. The molecule has 4 aromatic rings. The van der Waals surface area contributed by atoms with Gasteiger partial charge in [0.2, 0.25) is 8.24 Å². The van der Waals surface area contributed by atoms with Gasteiger partial charge >= 0.3 is 6.01 Å². The summed E-state index contributed by atoms with van der Waals surface area (Å²) in [4.78, 5) is 4.54. The van der Waals surface area contributed by atoms with Gasteiger partial charge in [0, 0.05) is 0 Å². The molecular weight excluding hydrogens is 390 g/mol. The molecule has 0 unspecified atom stereocenters. The SMILES string of the molecule is C[Si](C)(C)N(c1ncno1)[Si](c1ccccc1)(c1ccccc1)c1ccccc1. The van der Waals surface area contributed by atoms with Crippen molar-refractivity contribution in [2.45, 2.75) is 19.6 Å². The van der Waals surface area contributed by atoms with Gasteiger partial charge in [0.25, 0.3) is 0 Å². The minimum atomic E-state index is -2.69. The Morgan fingerprint density at radius 3 is 1.38 bits per heavy atom. The Labute approximate surface area is 174 Å². The van der Waals surface area contributed by atoms with Crippen LogP contribution >= 0.6 is 0 Å². The van der Waals surface area contributed by atoms with Crippen molar-refractivity contribution in [3.63, 3.8) is 0 Å². The van der Waals surface area contributed by atoms with Crippen LogP contribution in [0.3, 0.4) is 0 Å². The molecule has 0 saturated carbocycles. The van der Waals surface area contributed by atoms with E-state index in [0.29, 0.717) is 6.01 Å². The summed E-state index contributed by atoms with van der Waals surface area (Å²) in [7, 11) is -4.67. The van der Waals surface area contributed by atoms with E-state index >= 15 is 0 Å². The van der Waals surface area contributed by atoms with Gasteiger partial charge in [0.1, 0.15) is 8.24 Å². The third-order valence-corrected chi connectivity index (χ3v) is 14.0. The summed E-state index contributed by atoms with van der Waals surface area (Å²) < 4.78 is 8.23. The maximum atomic E-state index is 5.73. The van der Waals surface area contributed by atoms with Gasteiger partial charge < -0.3 is 8.75 Å². The Morgan fingerprint density at radius 1 is 0.655 bits per heavy atom. The normalized spacial score (nSPS) is 12.0. The molecule has 146 valence electrons. The third-order valence-electron chi connectivity index (χ3n) is 5.12. The van der Waals surface area contributed by atoms with Crippen molar-refractivity contribution < 1.29 is 4.52 Å². The molecule has 0 saturated heterocycles. The first-order chi connectivity index (χ1) is 14.0. The maximum absolute atomic E-state index is 5.73. The van der Waals surface area contributed by atoms with Crippen molar-refractivity contribution in [1.82, 2.24) is 10.1 Å². The predicted molar refractivity (Wildman–Crippen MR) is 124 cm³/mol. The molecule has 29 heavy (non-hydrogen) atoms. The minimum Gasteiger partial charge on any atom is -0.367 e. The summed E-state index contributed by atoms with van der Waals surface area (Å²) in [5, 5.41) is 7.88. The van der Waals surface area contributed by atoms with E-state index in [-0.39, 0.29) is 0 Å². The van der Waals surface area contributed by atoms with E-state index in [4.69, 9.17) is 4.52 Å². The largest absolute Gasteiger partial charge is 0.367 e. The molecule has 0 bridgehead atoms. The summed E-state index contributed by atoms with van der Waals surface area (Å²) in [6, 6.07) is 33.0. The van der Waals surface area contributed by atoms with E-state index in [1.165, 1.54) is 21.9 Å². The zero-order valence-corrected chi connectivity index (χ0v) is 19.0. The highest BCUT2D eigenvalue weighted by Crippen LogP contribution is 2.26. The van der Waals surface area contributed by atoms with E-state index in [1.807, 2.05) is 0 Å². The Hall–Kier alpha value is -2.97. The molecule has 1 heterocycles. The molecular formula is C23H25N3OSi2. The standard InChI is InChI=1S/C23H25N3OSi2/c1-28(2,3)26(23-24-19-25-27-23)29(20-13-7-4-8-14-20,21-15-9-5-10-16-21)22-17-11-6-12-18-22/h4-19H,1-3H3. The molecule has 0 aliphatic rings. The van der Waals surface area contributed by atoms with Crippen molar-refractivity contribution in [1.29, 1.82) is 0 Å². The van der Waals surface area contributed by atoms with Gasteiger partial charge in [0.05, 0.1) is 0 Å². The topological polar surface area (TPSA) is 42.2 Å². The molecule has 3 aromatic carbocycles. The zero-order chi connectivity index (χ0) is 20.3. The fourth-order valence-corrected chi connectivity index (χ4v) is 14.2. The molecule has 0 N–H and O–H groups in total. The summed E-state index contributed by atoms with van der Waals surface area (Å²) >= 11 is 0. The fourth-order valence-electron chi connectivity index (χ4n) is 4.12. The van der Waals surface area contributed by atoms with E-state index in [2.05, 4.69) is 125 Å². The van der Waals surface area contributed by atoms with E-state index in [9.17, 15) is 0 Å². The number of benzene rings is 3. The van der Waals surface area contributed by atoms with Crippen LogP contribution in [0.1, 0.15) is 0 Å². The van der Waals surface area contributed by atoms with Gasteiger partial charge in [0.15, 0.2) is 6.33 Å². The first-order valence-corrected chi connectivity index (χ1v) is 15.2. The Bertz CT molecular complexity index is 937. The third kappa shape index (κ3) is 3.45. The monoisotopic (exact) mass is 415 g/mol. The number of hydrogen-bond acceptors (Lipinski definition) is 4. The van der Waals surface area contributed by atoms with Crippen LogP contribution in [0.4, 0.5) is 6.01 Å². The second-order valence-corrected chi connectivity index (χ2v) is 16.9. The molecule has 4 nitrogen and oxygen atoms in total. The molecule has 0 spiro atoms. The lowest BCUT2D eigenvalue weighted by atomic mass is 10.3. The molecule has 1 aromatic heterocycles. The van der Waals surface area contributed by atoms with Crippen LogP contribution in [-0.2, 0) is 0 Å². The van der Waals surface area contributed by atoms with Crippen molar-refractivity contribution in [2.24, 2.45) is 0 Å². The van der Waals surface area contributed by atoms with Crippen LogP contribution in [0.15, 0.2) is 102 Å². The molecule has 4 rings (SSSR count). The molecule has 0 aliphatic carbocycles. The van der Waals surface area contributed by atoms with Crippen molar-refractivity contribution in [3.05, 3.63) is 97.3 Å². The summed E-state index contributed by atoms with van der Waals surface area (Å²) in [6.07, 6.45) is 1.50. The molecule has 0 radical (unpaired) electrons. The zero-order valence-electron chi connectivity index (χ0n) is 17.0. The summed E-state index contributed by atoms with van der Waals surface area (Å²) in [6.45, 7) is 7.02. The Kier molecular flexibility index (Phi) is 5.21. The van der Waals surface area contributed by atoms with Crippen molar-refractivity contribution in [3.8, 4) is 0 Å². The maximum Gasteiger partial charge on any atom is 0.308 e. The highest BCUT2D eigenvalue weighted by molar-refractivity contribution is 7.20. The van der Waals surface area contributed by atoms with Gasteiger partial charge in [-0.05, 0) is 15.6 Å². The summed E-state index contributed by atoms with van der Waals surface area (Å²) in [5.41, 5.74) is 0. The van der Waals surface area contributed by atoms with Crippen LogP contribution < -0.4 is 19.8 Å². The molecule has 6 heteroatoms. The average Bonchev–Trinajstić information content (AvgIpc) is 3.27. The van der Waals surface area contributed by atoms with E-state index < -0.39 is 16.5 Å². The van der Waals surface area contributed by atoms with Crippen LogP contribution in [0, 0.1) is 0 Å². The number of anilines is 1. The Balaban J connectivity index is 2.16.